The third-order valence-electron chi connectivity index (χ3n) is 6.20. The van der Waals surface area contributed by atoms with Crippen molar-refractivity contribution in [3.63, 3.8) is 0 Å². The van der Waals surface area contributed by atoms with Gasteiger partial charge in [-0.2, -0.15) is 0 Å². The lowest BCUT2D eigenvalue weighted by Crippen LogP contribution is -2.44. The lowest BCUT2D eigenvalue weighted by atomic mass is 10.1. The number of hydrogen-bond donors (Lipinski definition) is 1. The quantitative estimate of drug-likeness (QED) is 0.412. The van der Waals surface area contributed by atoms with Gasteiger partial charge in [-0.05, 0) is 30.7 Å². The maximum Gasteiger partial charge on any atom is 0.331 e. The Balaban J connectivity index is 1.71. The molecular formula is C27H24FN5O2. The fraction of sp³-hybridized carbons (Fsp3) is 0.148. The van der Waals surface area contributed by atoms with E-state index in [1.165, 1.54) is 10.6 Å². The summed E-state index contributed by atoms with van der Waals surface area (Å²) in [6.07, 6.45) is 3.58. The molecule has 0 bridgehead atoms. The average Bonchev–Trinajstić information content (AvgIpc) is 3.29. The Morgan fingerprint density at radius 2 is 1.66 bits per heavy atom. The maximum absolute atomic E-state index is 14.5. The van der Waals surface area contributed by atoms with E-state index in [4.69, 9.17) is 5.73 Å². The van der Waals surface area contributed by atoms with Crippen molar-refractivity contribution in [3.8, 4) is 11.3 Å². The summed E-state index contributed by atoms with van der Waals surface area (Å²) in [5.74, 6) is -0.424. The zero-order valence-corrected chi connectivity index (χ0v) is 19.1. The molecule has 35 heavy (non-hydrogen) atoms. The molecule has 0 saturated carbocycles. The first-order valence-electron chi connectivity index (χ1n) is 11.3. The van der Waals surface area contributed by atoms with Gasteiger partial charge in [0.2, 0.25) is 0 Å². The van der Waals surface area contributed by atoms with E-state index in [9.17, 15) is 14.0 Å². The number of nitrogens with zero attached hydrogens (tertiary/aromatic N) is 4. The van der Waals surface area contributed by atoms with E-state index in [1.807, 2.05) is 54.7 Å². The number of halogens is 1. The average molecular weight is 470 g/mol. The van der Waals surface area contributed by atoms with Gasteiger partial charge in [0.05, 0.1) is 24.3 Å². The molecular weight excluding hydrogens is 445 g/mol. The summed E-state index contributed by atoms with van der Waals surface area (Å²) < 4.78 is 18.8. The van der Waals surface area contributed by atoms with Crippen LogP contribution in [0.4, 0.5) is 4.39 Å². The monoisotopic (exact) mass is 469 g/mol. The molecule has 2 N–H and O–H groups in total. The second-order valence-electron chi connectivity index (χ2n) is 8.45. The van der Waals surface area contributed by atoms with Gasteiger partial charge in [0.1, 0.15) is 11.5 Å². The molecule has 3 heterocycles. The highest BCUT2D eigenvalue weighted by molar-refractivity contribution is 5.64. The Bertz CT molecular complexity index is 1600. The van der Waals surface area contributed by atoms with Crippen molar-refractivity contribution in [2.45, 2.75) is 26.1 Å². The fourth-order valence-electron chi connectivity index (χ4n) is 4.30. The Morgan fingerprint density at radius 1 is 0.943 bits per heavy atom. The van der Waals surface area contributed by atoms with Gasteiger partial charge in [-0.3, -0.25) is 13.9 Å². The first-order chi connectivity index (χ1) is 16.9. The fourth-order valence-corrected chi connectivity index (χ4v) is 4.30. The van der Waals surface area contributed by atoms with Crippen LogP contribution in [-0.2, 0) is 13.1 Å². The molecule has 0 saturated heterocycles. The second-order valence-corrected chi connectivity index (χ2v) is 8.45. The van der Waals surface area contributed by atoms with E-state index < -0.39 is 23.1 Å². The topological polar surface area (TPSA) is 87.3 Å². The zero-order valence-electron chi connectivity index (χ0n) is 19.1. The summed E-state index contributed by atoms with van der Waals surface area (Å²) in [6, 6.07) is 20.5. The van der Waals surface area contributed by atoms with E-state index in [0.29, 0.717) is 22.6 Å². The highest BCUT2D eigenvalue weighted by Gasteiger charge is 2.22. The SMILES string of the molecule is Cc1c(-c2cn3ccccc3n2)c(=O)n(C[C@H](N)c2ccccc2)c(=O)n1Cc1ccccc1F. The van der Waals surface area contributed by atoms with Crippen molar-refractivity contribution >= 4 is 5.65 Å². The molecule has 0 amide bonds. The van der Waals surface area contributed by atoms with E-state index in [2.05, 4.69) is 4.98 Å². The van der Waals surface area contributed by atoms with Crippen molar-refractivity contribution in [2.75, 3.05) is 0 Å². The molecule has 0 aliphatic carbocycles. The van der Waals surface area contributed by atoms with Gasteiger partial charge in [0, 0.05) is 29.7 Å². The van der Waals surface area contributed by atoms with Crippen LogP contribution in [0.5, 0.6) is 0 Å². The third-order valence-corrected chi connectivity index (χ3v) is 6.20. The molecule has 0 fully saturated rings. The van der Waals surface area contributed by atoms with E-state index >= 15 is 0 Å². The van der Waals surface area contributed by atoms with E-state index in [0.717, 1.165) is 10.1 Å². The van der Waals surface area contributed by atoms with Gasteiger partial charge >= 0.3 is 5.69 Å². The standard InChI is InChI=1S/C27H24FN5O2/c1-18-25(23-17-31-14-8-7-13-24(31)30-23)26(34)33(16-22(29)19-9-3-2-4-10-19)27(35)32(18)15-20-11-5-6-12-21(20)28/h2-14,17,22H,15-16,29H2,1H3/t22-/m0/s1. The molecule has 0 radical (unpaired) electrons. The number of rotatable bonds is 6. The number of aromatic nitrogens is 4. The van der Waals surface area contributed by atoms with Gasteiger partial charge in [-0.15, -0.1) is 0 Å². The van der Waals surface area contributed by atoms with Crippen LogP contribution >= 0.6 is 0 Å². The van der Waals surface area contributed by atoms with Crippen LogP contribution in [0.3, 0.4) is 0 Å². The molecule has 5 aromatic rings. The van der Waals surface area contributed by atoms with Crippen LogP contribution in [0, 0.1) is 12.7 Å². The summed E-state index contributed by atoms with van der Waals surface area (Å²) in [5, 5.41) is 0. The second kappa shape index (κ2) is 9.15. The normalized spacial score (nSPS) is 12.2. The summed E-state index contributed by atoms with van der Waals surface area (Å²) in [5.41, 5.74) is 8.31. The number of imidazole rings is 1. The molecule has 0 aliphatic heterocycles. The Labute approximate surface area is 200 Å². The lowest BCUT2D eigenvalue weighted by Gasteiger charge is -2.19. The van der Waals surface area contributed by atoms with Crippen LogP contribution in [0.2, 0.25) is 0 Å². The predicted octanol–water partition coefficient (Wildman–Crippen LogP) is 3.52. The number of nitrogens with two attached hydrogens (primary N) is 1. The zero-order chi connectivity index (χ0) is 24.5. The number of hydrogen-bond acceptors (Lipinski definition) is 4. The molecule has 8 heteroatoms. The van der Waals surface area contributed by atoms with Crippen molar-refractivity contribution < 1.29 is 4.39 Å². The summed E-state index contributed by atoms with van der Waals surface area (Å²) in [6.45, 7) is 1.63. The molecule has 2 aromatic carbocycles. The number of benzene rings is 2. The van der Waals surface area contributed by atoms with Gasteiger partial charge in [0.25, 0.3) is 5.56 Å². The molecule has 3 aromatic heterocycles. The minimum absolute atomic E-state index is 0.0282. The maximum atomic E-state index is 14.5. The molecule has 5 rings (SSSR count). The number of pyridine rings is 1. The van der Waals surface area contributed by atoms with Crippen LogP contribution in [0.25, 0.3) is 16.9 Å². The highest BCUT2D eigenvalue weighted by atomic mass is 19.1. The van der Waals surface area contributed by atoms with Crippen molar-refractivity contribution in [1.82, 2.24) is 18.5 Å². The molecule has 0 unspecified atom stereocenters. The van der Waals surface area contributed by atoms with Crippen LogP contribution in [0.15, 0.2) is 94.8 Å². The van der Waals surface area contributed by atoms with E-state index in [1.54, 1.807) is 35.7 Å². The smallest absolute Gasteiger partial charge is 0.322 e. The van der Waals surface area contributed by atoms with Crippen LogP contribution < -0.4 is 17.0 Å². The van der Waals surface area contributed by atoms with Crippen LogP contribution in [-0.4, -0.2) is 18.5 Å². The Kier molecular flexibility index (Phi) is 5.88. The molecule has 0 aliphatic rings. The van der Waals surface area contributed by atoms with Crippen LogP contribution in [0.1, 0.15) is 22.9 Å². The Morgan fingerprint density at radius 3 is 2.40 bits per heavy atom. The summed E-state index contributed by atoms with van der Waals surface area (Å²) in [7, 11) is 0. The third kappa shape index (κ3) is 4.20. The largest absolute Gasteiger partial charge is 0.331 e. The van der Waals surface area contributed by atoms with Gasteiger partial charge < -0.3 is 10.1 Å². The first kappa shape index (κ1) is 22.5. The van der Waals surface area contributed by atoms with Gasteiger partial charge in [0.15, 0.2) is 0 Å². The Hall–Kier alpha value is -4.30. The van der Waals surface area contributed by atoms with Gasteiger partial charge in [-0.1, -0.05) is 54.6 Å². The molecule has 0 spiro atoms. The minimum Gasteiger partial charge on any atom is -0.322 e. The summed E-state index contributed by atoms with van der Waals surface area (Å²) in [4.78, 5) is 31.9. The van der Waals surface area contributed by atoms with Gasteiger partial charge in [-0.25, -0.2) is 14.2 Å². The number of fused-ring (bicyclic) bond motifs is 1. The van der Waals surface area contributed by atoms with E-state index in [-0.39, 0.29) is 18.7 Å². The predicted molar refractivity (Wildman–Crippen MR) is 133 cm³/mol. The highest BCUT2D eigenvalue weighted by Crippen LogP contribution is 2.20. The molecule has 1 atom stereocenters. The summed E-state index contributed by atoms with van der Waals surface area (Å²) >= 11 is 0. The molecule has 7 nitrogen and oxygen atoms in total. The minimum atomic E-state index is -0.583. The first-order valence-corrected chi connectivity index (χ1v) is 11.3. The van der Waals surface area contributed by atoms with Crippen molar-refractivity contribution in [1.29, 1.82) is 0 Å². The lowest BCUT2D eigenvalue weighted by molar-refractivity contribution is 0.503. The van der Waals surface area contributed by atoms with Crippen molar-refractivity contribution in [3.05, 3.63) is 129 Å². The van der Waals surface area contributed by atoms with Crippen molar-refractivity contribution in [2.24, 2.45) is 5.73 Å². The molecule has 176 valence electrons.